The van der Waals surface area contributed by atoms with E-state index in [4.69, 9.17) is 10.9 Å². The Labute approximate surface area is 129 Å². The van der Waals surface area contributed by atoms with Gasteiger partial charge in [-0.05, 0) is 18.2 Å². The molecule has 0 amide bonds. The first kappa shape index (κ1) is 15.3. The van der Waals surface area contributed by atoms with Crippen LogP contribution in [0.3, 0.4) is 0 Å². The number of sulfonamides is 1. The van der Waals surface area contributed by atoms with Crippen molar-refractivity contribution >= 4 is 37.5 Å². The number of benzene rings is 1. The molecule has 21 heavy (non-hydrogen) atoms. The molecule has 0 fully saturated rings. The van der Waals surface area contributed by atoms with Gasteiger partial charge >= 0.3 is 0 Å². The zero-order chi connectivity index (χ0) is 15.6. The van der Waals surface area contributed by atoms with Crippen molar-refractivity contribution in [1.29, 1.82) is 0 Å². The highest BCUT2D eigenvalue weighted by molar-refractivity contribution is 9.10. The first-order valence-electron chi connectivity index (χ1n) is 5.61. The third-order valence-corrected chi connectivity index (χ3v) is 4.31. The minimum atomic E-state index is -3.86. The lowest BCUT2D eigenvalue weighted by Crippen LogP contribution is -2.19. The predicted octanol–water partition coefficient (Wildman–Crippen LogP) is 1.08. The molecule has 0 saturated carbocycles. The fourth-order valence-corrected chi connectivity index (χ4v) is 3.02. The van der Waals surface area contributed by atoms with Crippen molar-refractivity contribution in [2.24, 2.45) is 17.9 Å². The fraction of sp³-hybridized carbons (Fsp3) is 0.0909. The van der Waals surface area contributed by atoms with Crippen molar-refractivity contribution in [2.45, 2.75) is 5.03 Å². The molecule has 1 heterocycles. The number of nitrogens with zero attached hydrogens (tertiary/aromatic N) is 3. The summed E-state index contributed by atoms with van der Waals surface area (Å²) in [6, 6.07) is 4.66. The maximum atomic E-state index is 12.2. The number of rotatable bonds is 4. The Bertz CT molecular complexity index is 800. The van der Waals surface area contributed by atoms with Crippen molar-refractivity contribution in [2.75, 3.05) is 4.72 Å². The number of oxime groups is 1. The van der Waals surface area contributed by atoms with Gasteiger partial charge in [0.25, 0.3) is 10.0 Å². The number of aryl methyl sites for hydroxylation is 1. The minimum Gasteiger partial charge on any atom is -0.409 e. The van der Waals surface area contributed by atoms with Gasteiger partial charge in [0.2, 0.25) is 0 Å². The molecule has 112 valence electrons. The van der Waals surface area contributed by atoms with Crippen LogP contribution >= 0.6 is 15.9 Å². The van der Waals surface area contributed by atoms with E-state index in [0.717, 1.165) is 0 Å². The summed E-state index contributed by atoms with van der Waals surface area (Å²) in [6.45, 7) is 0. The maximum Gasteiger partial charge on any atom is 0.280 e. The molecule has 2 rings (SSSR count). The Balaban J connectivity index is 2.44. The lowest BCUT2D eigenvalue weighted by molar-refractivity contribution is 0.318. The Morgan fingerprint density at radius 1 is 1.52 bits per heavy atom. The number of aromatic nitrogens is 2. The number of nitrogens with two attached hydrogens (primary N) is 1. The van der Waals surface area contributed by atoms with Crippen LogP contribution in [0.1, 0.15) is 5.56 Å². The van der Waals surface area contributed by atoms with Crippen LogP contribution in [0.5, 0.6) is 0 Å². The first-order chi connectivity index (χ1) is 9.83. The number of hydrogen-bond acceptors (Lipinski definition) is 5. The van der Waals surface area contributed by atoms with E-state index < -0.39 is 10.0 Å². The Morgan fingerprint density at radius 3 is 2.81 bits per heavy atom. The molecule has 8 nitrogen and oxygen atoms in total. The number of hydrogen-bond donors (Lipinski definition) is 3. The average molecular weight is 374 g/mol. The van der Waals surface area contributed by atoms with Crippen molar-refractivity contribution in [3.05, 3.63) is 40.8 Å². The molecular weight excluding hydrogens is 362 g/mol. The quantitative estimate of drug-likeness (QED) is 0.320. The van der Waals surface area contributed by atoms with Crippen LogP contribution in [0.2, 0.25) is 0 Å². The highest BCUT2D eigenvalue weighted by Gasteiger charge is 2.19. The van der Waals surface area contributed by atoms with Crippen LogP contribution in [0, 0.1) is 0 Å². The molecule has 4 N–H and O–H groups in total. The Kier molecular flexibility index (Phi) is 4.19. The third kappa shape index (κ3) is 3.34. The minimum absolute atomic E-state index is 0.127. The molecule has 2 aromatic rings. The maximum absolute atomic E-state index is 12.2. The van der Waals surface area contributed by atoms with Gasteiger partial charge in [0, 0.05) is 23.3 Å². The Hall–Kier alpha value is -2.07. The number of anilines is 1. The monoisotopic (exact) mass is 373 g/mol. The van der Waals surface area contributed by atoms with E-state index in [1.165, 1.54) is 29.2 Å². The number of imidazole rings is 1. The van der Waals surface area contributed by atoms with Gasteiger partial charge in [-0.15, -0.1) is 0 Å². The van der Waals surface area contributed by atoms with Gasteiger partial charge < -0.3 is 15.5 Å². The topological polar surface area (TPSA) is 123 Å². The van der Waals surface area contributed by atoms with Crippen LogP contribution in [0.4, 0.5) is 5.69 Å². The summed E-state index contributed by atoms with van der Waals surface area (Å²) < 4.78 is 29.0. The number of amidine groups is 1. The normalized spacial score (nSPS) is 12.4. The molecule has 0 atom stereocenters. The van der Waals surface area contributed by atoms with Crippen LogP contribution in [0.15, 0.2) is 45.4 Å². The molecule has 0 aliphatic rings. The largest absolute Gasteiger partial charge is 0.409 e. The van der Waals surface area contributed by atoms with Crippen molar-refractivity contribution in [3.63, 3.8) is 0 Å². The zero-order valence-electron chi connectivity index (χ0n) is 10.9. The van der Waals surface area contributed by atoms with E-state index in [-0.39, 0.29) is 22.1 Å². The van der Waals surface area contributed by atoms with Gasteiger partial charge in [0.1, 0.15) is 0 Å². The van der Waals surface area contributed by atoms with Crippen molar-refractivity contribution in [3.8, 4) is 0 Å². The van der Waals surface area contributed by atoms with Crippen molar-refractivity contribution < 1.29 is 13.6 Å². The van der Waals surface area contributed by atoms with Gasteiger partial charge in [0.15, 0.2) is 10.9 Å². The van der Waals surface area contributed by atoms with E-state index >= 15 is 0 Å². The smallest absolute Gasteiger partial charge is 0.280 e. The molecule has 0 radical (unpaired) electrons. The van der Waals surface area contributed by atoms with E-state index in [1.807, 2.05) is 0 Å². The first-order valence-corrected chi connectivity index (χ1v) is 7.89. The zero-order valence-corrected chi connectivity index (χ0v) is 13.3. The van der Waals surface area contributed by atoms with Gasteiger partial charge in [-0.3, -0.25) is 4.72 Å². The van der Waals surface area contributed by atoms with Crippen LogP contribution in [-0.4, -0.2) is 29.0 Å². The second-order valence-electron chi connectivity index (χ2n) is 4.16. The predicted molar refractivity (Wildman–Crippen MR) is 80.7 cm³/mol. The summed E-state index contributed by atoms with van der Waals surface area (Å²) in [5.41, 5.74) is 5.97. The summed E-state index contributed by atoms with van der Waals surface area (Å²) in [5, 5.41) is 11.5. The summed E-state index contributed by atoms with van der Waals surface area (Å²) in [5.74, 6) is -0.213. The highest BCUT2D eigenvalue weighted by Crippen LogP contribution is 2.23. The summed E-state index contributed by atoms with van der Waals surface area (Å²) in [6.07, 6.45) is 2.74. The summed E-state index contributed by atoms with van der Waals surface area (Å²) in [7, 11) is -2.20. The van der Waals surface area contributed by atoms with Gasteiger partial charge in [-0.25, -0.2) is 4.98 Å². The second kappa shape index (κ2) is 5.74. The molecule has 1 aromatic heterocycles. The lowest BCUT2D eigenvalue weighted by atomic mass is 10.2. The van der Waals surface area contributed by atoms with E-state index in [1.54, 1.807) is 13.1 Å². The van der Waals surface area contributed by atoms with E-state index in [9.17, 15) is 8.42 Å². The second-order valence-corrected chi connectivity index (χ2v) is 6.70. The molecule has 0 spiro atoms. The Morgan fingerprint density at radius 2 is 2.24 bits per heavy atom. The molecule has 0 unspecified atom stereocenters. The number of halogens is 1. The fourth-order valence-electron chi connectivity index (χ4n) is 1.60. The SMILES string of the molecule is Cn1cnc(S(=O)(=O)Nc2ccc(Br)cc2/C(N)=N/O)c1. The molecule has 0 aliphatic carbocycles. The van der Waals surface area contributed by atoms with Gasteiger partial charge in [-0.2, -0.15) is 8.42 Å². The number of nitrogens with one attached hydrogen (secondary N) is 1. The van der Waals surface area contributed by atoms with Crippen LogP contribution in [0.25, 0.3) is 0 Å². The van der Waals surface area contributed by atoms with Gasteiger partial charge in [0.05, 0.1) is 12.0 Å². The summed E-state index contributed by atoms with van der Waals surface area (Å²) in [4.78, 5) is 3.79. The molecular formula is C11H12BrN5O3S. The summed E-state index contributed by atoms with van der Waals surface area (Å²) >= 11 is 3.24. The molecule has 0 bridgehead atoms. The van der Waals surface area contributed by atoms with Crippen LogP contribution in [-0.2, 0) is 17.1 Å². The van der Waals surface area contributed by atoms with E-state index in [0.29, 0.717) is 4.47 Å². The van der Waals surface area contributed by atoms with Crippen molar-refractivity contribution in [1.82, 2.24) is 9.55 Å². The third-order valence-electron chi connectivity index (χ3n) is 2.57. The highest BCUT2D eigenvalue weighted by atomic mass is 79.9. The average Bonchev–Trinajstić information content (AvgIpc) is 2.87. The standard InChI is InChI=1S/C11H12BrN5O3S/c1-17-5-10(14-6-17)21(19,20)16-9-3-2-7(12)4-8(9)11(13)15-18/h2-6,16,18H,1H3,(H2,13,15). The van der Waals surface area contributed by atoms with Gasteiger partial charge in [-0.1, -0.05) is 21.1 Å². The molecule has 10 heteroatoms. The lowest BCUT2D eigenvalue weighted by Gasteiger charge is -2.11. The molecule has 0 saturated heterocycles. The van der Waals surface area contributed by atoms with Crippen LogP contribution < -0.4 is 10.5 Å². The van der Waals surface area contributed by atoms with E-state index in [2.05, 4.69) is 30.8 Å². The molecule has 0 aliphatic heterocycles. The molecule has 1 aromatic carbocycles.